The van der Waals surface area contributed by atoms with Crippen LogP contribution in [0.15, 0.2) is 18.2 Å². The summed E-state index contributed by atoms with van der Waals surface area (Å²) >= 11 is 1.31. The van der Waals surface area contributed by atoms with Gasteiger partial charge in [-0.1, -0.05) is 30.2 Å². The Balaban J connectivity index is 1.45. The Morgan fingerprint density at radius 2 is 1.86 bits per heavy atom. The van der Waals surface area contributed by atoms with Gasteiger partial charge in [0.05, 0.1) is 16.0 Å². The molecule has 1 N–H and O–H groups in total. The molecule has 0 saturated heterocycles. The van der Waals surface area contributed by atoms with Crippen LogP contribution in [0.3, 0.4) is 0 Å². The van der Waals surface area contributed by atoms with Crippen LogP contribution >= 0.6 is 11.3 Å². The Hall–Kier alpha value is -2.41. The van der Waals surface area contributed by atoms with E-state index in [1.54, 1.807) is 0 Å². The molecule has 0 spiro atoms. The number of rotatable bonds is 3. The van der Waals surface area contributed by atoms with E-state index < -0.39 is 5.41 Å². The van der Waals surface area contributed by atoms with Gasteiger partial charge in [0, 0.05) is 6.42 Å². The van der Waals surface area contributed by atoms with Gasteiger partial charge < -0.3 is 14.8 Å². The zero-order valence-corrected chi connectivity index (χ0v) is 16.4. The van der Waals surface area contributed by atoms with E-state index in [1.165, 1.54) is 11.3 Å². The SMILES string of the molecule is O=C1CCCc2nc(NC(=O)C3(c4ccc5c(c4)OCCO5)CCCC3)sc21. The number of carbonyl (C=O) groups excluding carboxylic acids is 2. The van der Waals surface area contributed by atoms with Crippen molar-refractivity contribution in [2.75, 3.05) is 18.5 Å². The molecule has 7 heteroatoms. The first-order valence-corrected chi connectivity index (χ1v) is 10.7. The maximum atomic E-state index is 13.4. The molecular weight excluding hydrogens is 376 g/mol. The number of ether oxygens (including phenoxy) is 2. The quantitative estimate of drug-likeness (QED) is 0.849. The van der Waals surface area contributed by atoms with Gasteiger partial charge in [0.15, 0.2) is 22.4 Å². The van der Waals surface area contributed by atoms with Gasteiger partial charge in [-0.05, 0) is 43.4 Å². The first-order valence-electron chi connectivity index (χ1n) is 9.90. The summed E-state index contributed by atoms with van der Waals surface area (Å²) in [6, 6.07) is 5.84. The maximum absolute atomic E-state index is 13.4. The van der Waals surface area contributed by atoms with Crippen LogP contribution in [0.5, 0.6) is 11.5 Å². The molecule has 146 valence electrons. The minimum absolute atomic E-state index is 0.0415. The molecule has 2 heterocycles. The van der Waals surface area contributed by atoms with E-state index in [-0.39, 0.29) is 11.7 Å². The molecular formula is C21H22N2O4S. The minimum atomic E-state index is -0.591. The molecule has 1 aromatic carbocycles. The van der Waals surface area contributed by atoms with E-state index in [1.807, 2.05) is 18.2 Å². The van der Waals surface area contributed by atoms with E-state index in [0.29, 0.717) is 35.4 Å². The first kappa shape index (κ1) is 17.7. The molecule has 1 fully saturated rings. The number of nitrogens with one attached hydrogen (secondary N) is 1. The summed E-state index contributed by atoms with van der Waals surface area (Å²) in [7, 11) is 0. The third-order valence-electron chi connectivity index (χ3n) is 5.97. The summed E-state index contributed by atoms with van der Waals surface area (Å²) < 4.78 is 11.4. The normalized spacial score (nSPS) is 19.9. The number of benzene rings is 1. The highest BCUT2D eigenvalue weighted by molar-refractivity contribution is 7.17. The highest BCUT2D eigenvalue weighted by atomic mass is 32.1. The smallest absolute Gasteiger partial charge is 0.236 e. The molecule has 28 heavy (non-hydrogen) atoms. The lowest BCUT2D eigenvalue weighted by atomic mass is 9.78. The molecule has 2 aromatic rings. The van der Waals surface area contributed by atoms with Gasteiger partial charge in [-0.15, -0.1) is 0 Å². The van der Waals surface area contributed by atoms with Gasteiger partial charge in [0.25, 0.3) is 0 Å². The number of fused-ring (bicyclic) bond motifs is 2. The van der Waals surface area contributed by atoms with Crippen LogP contribution in [0.1, 0.15) is 59.5 Å². The second-order valence-corrected chi connectivity index (χ2v) is 8.67. The van der Waals surface area contributed by atoms with Crippen LogP contribution in [-0.2, 0) is 16.6 Å². The summed E-state index contributed by atoms with van der Waals surface area (Å²) in [5.74, 6) is 1.54. The fourth-order valence-corrected chi connectivity index (χ4v) is 5.48. The molecule has 1 amide bonds. The average Bonchev–Trinajstić information content (AvgIpc) is 3.36. The van der Waals surface area contributed by atoms with Crippen molar-refractivity contribution in [3.8, 4) is 11.5 Å². The Morgan fingerprint density at radius 1 is 1.07 bits per heavy atom. The summed E-state index contributed by atoms with van der Waals surface area (Å²) in [5, 5.41) is 3.56. The van der Waals surface area contributed by atoms with E-state index in [9.17, 15) is 9.59 Å². The molecule has 2 aliphatic carbocycles. The summed E-state index contributed by atoms with van der Waals surface area (Å²) in [4.78, 5) is 30.7. The highest BCUT2D eigenvalue weighted by Crippen LogP contribution is 2.45. The lowest BCUT2D eigenvalue weighted by molar-refractivity contribution is -0.121. The zero-order chi connectivity index (χ0) is 19.1. The van der Waals surface area contributed by atoms with E-state index in [0.717, 1.165) is 55.5 Å². The molecule has 6 nitrogen and oxygen atoms in total. The predicted molar refractivity (Wildman–Crippen MR) is 106 cm³/mol. The number of aromatic nitrogens is 1. The minimum Gasteiger partial charge on any atom is -0.486 e. The van der Waals surface area contributed by atoms with Crippen molar-refractivity contribution in [1.29, 1.82) is 0 Å². The number of amides is 1. The van der Waals surface area contributed by atoms with Gasteiger partial charge in [0.1, 0.15) is 13.2 Å². The molecule has 0 radical (unpaired) electrons. The van der Waals surface area contributed by atoms with Gasteiger partial charge in [0.2, 0.25) is 5.91 Å². The van der Waals surface area contributed by atoms with Crippen molar-refractivity contribution in [2.24, 2.45) is 0 Å². The van der Waals surface area contributed by atoms with Crippen molar-refractivity contribution < 1.29 is 19.1 Å². The van der Waals surface area contributed by atoms with Crippen molar-refractivity contribution in [1.82, 2.24) is 4.98 Å². The fraction of sp³-hybridized carbons (Fsp3) is 0.476. The molecule has 1 aromatic heterocycles. The monoisotopic (exact) mass is 398 g/mol. The van der Waals surface area contributed by atoms with Gasteiger partial charge in [-0.2, -0.15) is 0 Å². The number of carbonyl (C=O) groups is 2. The van der Waals surface area contributed by atoms with Crippen molar-refractivity contribution >= 4 is 28.2 Å². The number of aryl methyl sites for hydroxylation is 1. The van der Waals surface area contributed by atoms with Crippen molar-refractivity contribution in [3.63, 3.8) is 0 Å². The lowest BCUT2D eigenvalue weighted by Gasteiger charge is -2.29. The van der Waals surface area contributed by atoms with Crippen LogP contribution in [0.2, 0.25) is 0 Å². The molecule has 5 rings (SSSR count). The number of hydrogen-bond donors (Lipinski definition) is 1. The largest absolute Gasteiger partial charge is 0.486 e. The van der Waals surface area contributed by atoms with Crippen molar-refractivity contribution in [3.05, 3.63) is 34.3 Å². The van der Waals surface area contributed by atoms with Gasteiger partial charge in [-0.25, -0.2) is 4.98 Å². The van der Waals surface area contributed by atoms with Crippen LogP contribution in [-0.4, -0.2) is 29.9 Å². The van der Waals surface area contributed by atoms with E-state index in [2.05, 4.69) is 10.3 Å². The van der Waals surface area contributed by atoms with Crippen LogP contribution in [0.25, 0.3) is 0 Å². The molecule has 0 bridgehead atoms. The maximum Gasteiger partial charge on any atom is 0.236 e. The predicted octanol–water partition coefficient (Wildman–Crippen LogP) is 3.88. The standard InChI is InChI=1S/C21H22N2O4S/c24-15-5-3-4-14-18(15)28-20(22-14)23-19(25)21(8-1-2-9-21)13-6-7-16-17(12-13)27-11-10-26-16/h6-7,12H,1-5,8-11H2,(H,22,23,25). The fourth-order valence-electron chi connectivity index (χ4n) is 4.51. The van der Waals surface area contributed by atoms with Crippen LogP contribution < -0.4 is 14.8 Å². The molecule has 1 saturated carbocycles. The second-order valence-electron chi connectivity index (χ2n) is 7.67. The number of Topliss-reactive ketones (excluding diaryl/α,β-unsaturated/α-hetero) is 1. The summed E-state index contributed by atoms with van der Waals surface area (Å²) in [6.07, 6.45) is 5.82. The average molecular weight is 398 g/mol. The first-order chi connectivity index (χ1) is 13.7. The zero-order valence-electron chi connectivity index (χ0n) is 15.6. The number of hydrogen-bond acceptors (Lipinski definition) is 6. The highest BCUT2D eigenvalue weighted by Gasteiger charge is 2.43. The second kappa shape index (κ2) is 6.88. The Kier molecular flexibility index (Phi) is 4.34. The Morgan fingerprint density at radius 3 is 2.64 bits per heavy atom. The number of nitrogens with zero attached hydrogens (tertiary/aromatic N) is 1. The summed E-state index contributed by atoms with van der Waals surface area (Å²) in [5.41, 5.74) is 1.20. The summed E-state index contributed by atoms with van der Waals surface area (Å²) in [6.45, 7) is 1.07. The lowest BCUT2D eigenvalue weighted by Crippen LogP contribution is -2.38. The van der Waals surface area contributed by atoms with E-state index >= 15 is 0 Å². The third kappa shape index (κ3) is 2.89. The van der Waals surface area contributed by atoms with E-state index in [4.69, 9.17) is 9.47 Å². The molecule has 1 aliphatic heterocycles. The van der Waals surface area contributed by atoms with Gasteiger partial charge >= 0.3 is 0 Å². The number of anilines is 1. The Bertz CT molecular complexity index is 946. The number of ketones is 1. The van der Waals surface area contributed by atoms with Crippen molar-refractivity contribution in [2.45, 2.75) is 50.4 Å². The Labute approximate surface area is 167 Å². The number of thiazole rings is 1. The van der Waals surface area contributed by atoms with Crippen LogP contribution in [0, 0.1) is 0 Å². The molecule has 0 unspecified atom stereocenters. The van der Waals surface area contributed by atoms with Gasteiger partial charge in [-0.3, -0.25) is 9.59 Å². The topological polar surface area (TPSA) is 77.5 Å². The third-order valence-corrected chi connectivity index (χ3v) is 7.03. The molecule has 3 aliphatic rings. The molecule has 0 atom stereocenters. The van der Waals surface area contributed by atoms with Crippen LogP contribution in [0.4, 0.5) is 5.13 Å².